The second-order valence-corrected chi connectivity index (χ2v) is 12.5. The maximum Gasteiger partial charge on any atom is 0.331 e. The minimum atomic E-state index is -0.457. The predicted molar refractivity (Wildman–Crippen MR) is 160 cm³/mol. The Bertz CT molecular complexity index is 1020. The van der Waals surface area contributed by atoms with Crippen molar-refractivity contribution in [2.75, 3.05) is 0 Å². The summed E-state index contributed by atoms with van der Waals surface area (Å²) < 4.78 is 6.19. The van der Waals surface area contributed by atoms with Crippen LogP contribution < -0.4 is 0 Å². The minimum Gasteiger partial charge on any atom is -0.456 e. The van der Waals surface area contributed by atoms with Crippen molar-refractivity contribution in [3.8, 4) is 0 Å². The van der Waals surface area contributed by atoms with Crippen LogP contribution in [0.4, 0.5) is 0 Å². The molecule has 0 radical (unpaired) electrons. The summed E-state index contributed by atoms with van der Waals surface area (Å²) in [4.78, 5) is 12.9. The summed E-state index contributed by atoms with van der Waals surface area (Å²) in [6.45, 7) is 19.6. The van der Waals surface area contributed by atoms with Gasteiger partial charge >= 0.3 is 5.97 Å². The lowest BCUT2D eigenvalue weighted by Gasteiger charge is -2.38. The number of esters is 1. The van der Waals surface area contributed by atoms with E-state index < -0.39 is 5.60 Å². The molecule has 0 unspecified atom stereocenters. The first-order chi connectivity index (χ1) is 17.3. The predicted octanol–water partition coefficient (Wildman–Crippen LogP) is 10.3. The van der Waals surface area contributed by atoms with E-state index in [0.29, 0.717) is 5.92 Å². The zero-order valence-electron chi connectivity index (χ0n) is 25.2. The zero-order chi connectivity index (χ0) is 27.6. The minimum absolute atomic E-state index is 0.240. The van der Waals surface area contributed by atoms with Crippen molar-refractivity contribution in [2.24, 2.45) is 11.3 Å². The van der Waals surface area contributed by atoms with Crippen LogP contribution in [0, 0.1) is 11.3 Å². The third-order valence-electron chi connectivity index (χ3n) is 8.15. The average molecular weight is 505 g/mol. The number of carbonyl (C=O) groups is 1. The molecule has 2 heteroatoms. The van der Waals surface area contributed by atoms with Gasteiger partial charge in [-0.25, -0.2) is 4.79 Å². The molecule has 0 saturated carbocycles. The lowest BCUT2D eigenvalue weighted by Crippen LogP contribution is -2.40. The van der Waals surface area contributed by atoms with Crippen LogP contribution in [0.25, 0.3) is 0 Å². The van der Waals surface area contributed by atoms with E-state index in [0.717, 1.165) is 37.7 Å². The molecular weight excluding hydrogens is 452 g/mol. The standard InChI is InChI=1S/C35H52O2/c1-26(2)13-11-24-35(9,31-20-17-28(4)18-21-31)37-33(36)25-29(5)15-10-14-27(3)19-22-32-30(6)16-12-23-34(32,7)8/h10,13-15,17,19,22,25,31H,11-12,16,18,20-21,23-24H2,1-9H3/b15-10+,22-19+,27-14+,29-25+/t31-,35+/m0/s1. The van der Waals surface area contributed by atoms with E-state index in [2.05, 4.69) is 85.8 Å². The fourth-order valence-electron chi connectivity index (χ4n) is 5.63. The van der Waals surface area contributed by atoms with Gasteiger partial charge in [-0.05, 0) is 116 Å². The molecule has 37 heavy (non-hydrogen) atoms. The third kappa shape index (κ3) is 10.1. The van der Waals surface area contributed by atoms with Gasteiger partial charge in [-0.1, -0.05) is 78.7 Å². The van der Waals surface area contributed by atoms with Gasteiger partial charge in [-0.2, -0.15) is 0 Å². The van der Waals surface area contributed by atoms with Crippen LogP contribution >= 0.6 is 0 Å². The van der Waals surface area contributed by atoms with E-state index in [9.17, 15) is 4.79 Å². The van der Waals surface area contributed by atoms with Gasteiger partial charge in [0.05, 0.1) is 0 Å². The Balaban J connectivity index is 2.05. The molecule has 0 fully saturated rings. The number of rotatable bonds is 10. The summed E-state index contributed by atoms with van der Waals surface area (Å²) in [5, 5.41) is 0. The Morgan fingerprint density at radius 3 is 2.46 bits per heavy atom. The Labute approximate surface area is 228 Å². The second-order valence-electron chi connectivity index (χ2n) is 12.5. The van der Waals surface area contributed by atoms with Crippen LogP contribution in [0.1, 0.15) is 114 Å². The van der Waals surface area contributed by atoms with Crippen LogP contribution in [0.3, 0.4) is 0 Å². The molecule has 204 valence electrons. The highest BCUT2D eigenvalue weighted by Crippen LogP contribution is 2.41. The maximum atomic E-state index is 12.9. The molecule has 0 N–H and O–H groups in total. The lowest BCUT2D eigenvalue weighted by atomic mass is 9.72. The van der Waals surface area contributed by atoms with Gasteiger partial charge in [0.2, 0.25) is 0 Å². The lowest BCUT2D eigenvalue weighted by molar-refractivity contribution is -0.159. The molecule has 0 aromatic carbocycles. The first-order valence-electron chi connectivity index (χ1n) is 14.3. The molecule has 2 rings (SSSR count). The highest BCUT2D eigenvalue weighted by molar-refractivity contribution is 5.83. The molecule has 0 aromatic heterocycles. The third-order valence-corrected chi connectivity index (χ3v) is 8.15. The van der Waals surface area contributed by atoms with Crippen molar-refractivity contribution in [1.82, 2.24) is 0 Å². The topological polar surface area (TPSA) is 26.3 Å². The summed E-state index contributed by atoms with van der Waals surface area (Å²) >= 11 is 0. The Kier molecular flexibility index (Phi) is 11.7. The van der Waals surface area contributed by atoms with E-state index in [1.54, 1.807) is 6.08 Å². The highest BCUT2D eigenvalue weighted by Gasteiger charge is 2.37. The molecular formula is C35H52O2. The molecule has 2 aliphatic carbocycles. The molecule has 2 nitrogen and oxygen atoms in total. The van der Waals surface area contributed by atoms with Gasteiger partial charge < -0.3 is 4.74 Å². The summed E-state index contributed by atoms with van der Waals surface area (Å²) in [7, 11) is 0. The monoisotopic (exact) mass is 504 g/mol. The van der Waals surface area contributed by atoms with E-state index in [4.69, 9.17) is 4.74 Å². The summed E-state index contributed by atoms with van der Waals surface area (Å²) in [5.41, 5.74) is 7.63. The molecule has 0 aliphatic heterocycles. The molecule has 0 amide bonds. The van der Waals surface area contributed by atoms with Gasteiger partial charge in [0, 0.05) is 12.0 Å². The number of allylic oxidation sites excluding steroid dienone is 13. The fraction of sp³-hybridized carbons (Fsp3) is 0.571. The highest BCUT2D eigenvalue weighted by atomic mass is 16.6. The summed E-state index contributed by atoms with van der Waals surface area (Å²) in [5.74, 6) is 0.121. The SMILES string of the molecule is CC(C)=CCC[C@@](C)(OC(=O)/C=C(C)/C=C/C=C(C)/C=C/C1=C(C)CCCC1(C)C)[C@H]1CC=C(C)CC1. The van der Waals surface area contributed by atoms with Crippen LogP contribution in [0.5, 0.6) is 0 Å². The van der Waals surface area contributed by atoms with Crippen molar-refractivity contribution in [1.29, 1.82) is 0 Å². The van der Waals surface area contributed by atoms with Crippen molar-refractivity contribution < 1.29 is 9.53 Å². The van der Waals surface area contributed by atoms with E-state index >= 15 is 0 Å². The zero-order valence-corrected chi connectivity index (χ0v) is 25.2. The van der Waals surface area contributed by atoms with Gasteiger partial charge in [-0.15, -0.1) is 0 Å². The van der Waals surface area contributed by atoms with Gasteiger partial charge in [0.1, 0.15) is 5.60 Å². The Morgan fingerprint density at radius 2 is 1.84 bits per heavy atom. The van der Waals surface area contributed by atoms with Crippen molar-refractivity contribution in [3.63, 3.8) is 0 Å². The molecule has 0 heterocycles. The van der Waals surface area contributed by atoms with Crippen molar-refractivity contribution in [2.45, 2.75) is 119 Å². The molecule has 0 bridgehead atoms. The van der Waals surface area contributed by atoms with Crippen LogP contribution in [-0.2, 0) is 9.53 Å². The smallest absolute Gasteiger partial charge is 0.331 e. The maximum absolute atomic E-state index is 12.9. The molecule has 0 aromatic rings. The first kappa shape index (κ1) is 30.9. The number of carbonyl (C=O) groups excluding carboxylic acids is 1. The first-order valence-corrected chi connectivity index (χ1v) is 14.3. The molecule has 2 aliphatic rings. The van der Waals surface area contributed by atoms with E-state index in [1.165, 1.54) is 47.1 Å². The summed E-state index contributed by atoms with van der Waals surface area (Å²) in [6, 6.07) is 0. The fourth-order valence-corrected chi connectivity index (χ4v) is 5.63. The van der Waals surface area contributed by atoms with Gasteiger partial charge in [-0.3, -0.25) is 0 Å². The molecule has 2 atom stereocenters. The molecule has 0 spiro atoms. The number of hydrogen-bond acceptors (Lipinski definition) is 2. The second kappa shape index (κ2) is 14.0. The number of hydrogen-bond donors (Lipinski definition) is 0. The number of ether oxygens (including phenoxy) is 1. The Morgan fingerprint density at radius 1 is 1.11 bits per heavy atom. The van der Waals surface area contributed by atoms with Gasteiger partial charge in [0.15, 0.2) is 0 Å². The average Bonchev–Trinajstić information content (AvgIpc) is 2.78. The van der Waals surface area contributed by atoms with E-state index in [1.807, 2.05) is 19.1 Å². The van der Waals surface area contributed by atoms with E-state index in [-0.39, 0.29) is 11.4 Å². The van der Waals surface area contributed by atoms with Crippen molar-refractivity contribution in [3.05, 3.63) is 82.0 Å². The van der Waals surface area contributed by atoms with Crippen LogP contribution in [0.2, 0.25) is 0 Å². The van der Waals surface area contributed by atoms with Gasteiger partial charge in [0.25, 0.3) is 0 Å². The largest absolute Gasteiger partial charge is 0.456 e. The quantitative estimate of drug-likeness (QED) is 0.128. The molecule has 0 saturated heterocycles. The normalized spacial score (nSPS) is 22.7. The Hall–Kier alpha value is -2.35. The van der Waals surface area contributed by atoms with Crippen LogP contribution in [-0.4, -0.2) is 11.6 Å². The van der Waals surface area contributed by atoms with Crippen LogP contribution in [0.15, 0.2) is 82.0 Å². The summed E-state index contributed by atoms with van der Waals surface area (Å²) in [6.07, 6.45) is 25.5. The van der Waals surface area contributed by atoms with Crippen molar-refractivity contribution >= 4 is 5.97 Å².